The van der Waals surface area contributed by atoms with Gasteiger partial charge in [-0.1, -0.05) is 13.0 Å². The summed E-state index contributed by atoms with van der Waals surface area (Å²) in [6, 6.07) is 3.46. The van der Waals surface area contributed by atoms with E-state index in [4.69, 9.17) is 0 Å². The van der Waals surface area contributed by atoms with Gasteiger partial charge in [0.05, 0.1) is 12.5 Å². The lowest BCUT2D eigenvalue weighted by molar-refractivity contribution is -0.134. The van der Waals surface area contributed by atoms with Crippen molar-refractivity contribution in [2.24, 2.45) is 5.92 Å². The van der Waals surface area contributed by atoms with Crippen LogP contribution in [0, 0.1) is 17.6 Å². The minimum atomic E-state index is -0.947. The van der Waals surface area contributed by atoms with Crippen molar-refractivity contribution < 1.29 is 18.7 Å². The maximum atomic E-state index is 13.0. The molecular formula is C14H17F2NO2. The van der Waals surface area contributed by atoms with Gasteiger partial charge in [-0.2, -0.15) is 0 Å². The lowest BCUT2D eigenvalue weighted by atomic mass is 9.95. The van der Waals surface area contributed by atoms with Crippen molar-refractivity contribution in [1.29, 1.82) is 0 Å². The fourth-order valence-electron chi connectivity index (χ4n) is 2.21. The quantitative estimate of drug-likeness (QED) is 0.888. The molecule has 1 fully saturated rings. The predicted octanol–water partition coefficient (Wildman–Crippen LogP) is 1.74. The normalized spacial score (nSPS) is 23.5. The molecule has 2 atom stereocenters. The van der Waals surface area contributed by atoms with E-state index in [2.05, 4.69) is 0 Å². The van der Waals surface area contributed by atoms with Gasteiger partial charge in [-0.3, -0.25) is 4.79 Å². The molecule has 0 aliphatic carbocycles. The standard InChI is InChI=1S/C14H17F2NO2/c1-9-4-5-17(8-13(9)18)14(19)7-10-2-3-11(15)12(16)6-10/h2-3,6,9,13,18H,4-5,7-8H2,1H3. The van der Waals surface area contributed by atoms with E-state index in [1.807, 2.05) is 6.92 Å². The number of β-amino-alcohol motifs (C(OH)–C–C–N with tert-alkyl or cyclic N) is 1. The number of benzene rings is 1. The Hall–Kier alpha value is -1.49. The molecule has 3 nitrogen and oxygen atoms in total. The van der Waals surface area contributed by atoms with Crippen LogP contribution in [0.4, 0.5) is 8.78 Å². The van der Waals surface area contributed by atoms with Crippen LogP contribution in [-0.4, -0.2) is 35.1 Å². The molecule has 2 unspecified atom stereocenters. The Morgan fingerprint density at radius 2 is 2.16 bits per heavy atom. The van der Waals surface area contributed by atoms with Crippen molar-refractivity contribution in [3.05, 3.63) is 35.4 Å². The van der Waals surface area contributed by atoms with Crippen LogP contribution < -0.4 is 0 Å². The van der Waals surface area contributed by atoms with E-state index in [-0.39, 0.29) is 18.2 Å². The van der Waals surface area contributed by atoms with Crippen molar-refractivity contribution in [2.45, 2.75) is 25.9 Å². The minimum Gasteiger partial charge on any atom is -0.391 e. The van der Waals surface area contributed by atoms with Crippen LogP contribution >= 0.6 is 0 Å². The second-order valence-corrected chi connectivity index (χ2v) is 5.10. The maximum Gasteiger partial charge on any atom is 0.227 e. The highest BCUT2D eigenvalue weighted by Gasteiger charge is 2.27. The van der Waals surface area contributed by atoms with Crippen LogP contribution in [-0.2, 0) is 11.2 Å². The van der Waals surface area contributed by atoms with E-state index < -0.39 is 17.7 Å². The van der Waals surface area contributed by atoms with Crippen LogP contribution in [0.25, 0.3) is 0 Å². The van der Waals surface area contributed by atoms with Crippen molar-refractivity contribution in [3.8, 4) is 0 Å². The summed E-state index contributed by atoms with van der Waals surface area (Å²) in [5.74, 6) is -1.85. The monoisotopic (exact) mass is 269 g/mol. The Kier molecular flexibility index (Phi) is 4.14. The number of carbonyl (C=O) groups is 1. The number of likely N-dealkylation sites (tertiary alicyclic amines) is 1. The van der Waals surface area contributed by atoms with E-state index in [9.17, 15) is 18.7 Å². The van der Waals surface area contributed by atoms with Crippen LogP contribution in [0.2, 0.25) is 0 Å². The number of piperidine rings is 1. The average molecular weight is 269 g/mol. The van der Waals surface area contributed by atoms with Gasteiger partial charge in [0.2, 0.25) is 5.91 Å². The lowest BCUT2D eigenvalue weighted by Crippen LogP contribution is -2.46. The number of aliphatic hydroxyl groups excluding tert-OH is 1. The lowest BCUT2D eigenvalue weighted by Gasteiger charge is -2.34. The van der Waals surface area contributed by atoms with Crippen LogP contribution in [0.5, 0.6) is 0 Å². The Morgan fingerprint density at radius 1 is 1.42 bits per heavy atom. The highest BCUT2D eigenvalue weighted by Crippen LogP contribution is 2.18. The Bertz CT molecular complexity index is 479. The molecule has 1 aromatic carbocycles. The molecule has 104 valence electrons. The molecule has 1 aliphatic heterocycles. The molecule has 1 heterocycles. The second-order valence-electron chi connectivity index (χ2n) is 5.10. The van der Waals surface area contributed by atoms with Gasteiger partial charge in [-0.05, 0) is 30.0 Å². The number of hydrogen-bond acceptors (Lipinski definition) is 2. The molecule has 1 N–H and O–H groups in total. The van der Waals surface area contributed by atoms with Crippen LogP contribution in [0.1, 0.15) is 18.9 Å². The summed E-state index contributed by atoms with van der Waals surface area (Å²) >= 11 is 0. The number of amides is 1. The molecule has 5 heteroatoms. The maximum absolute atomic E-state index is 13.0. The molecule has 1 aromatic rings. The third-order valence-electron chi connectivity index (χ3n) is 3.61. The van der Waals surface area contributed by atoms with Crippen molar-refractivity contribution in [1.82, 2.24) is 4.90 Å². The molecule has 19 heavy (non-hydrogen) atoms. The summed E-state index contributed by atoms with van der Waals surface area (Å²) in [7, 11) is 0. The molecular weight excluding hydrogens is 252 g/mol. The van der Waals surface area contributed by atoms with E-state index in [1.165, 1.54) is 6.07 Å². The third kappa shape index (κ3) is 3.29. The first-order valence-electron chi connectivity index (χ1n) is 6.37. The van der Waals surface area contributed by atoms with Gasteiger partial charge in [0.25, 0.3) is 0 Å². The number of hydrogen-bond donors (Lipinski definition) is 1. The zero-order chi connectivity index (χ0) is 14.0. The van der Waals surface area contributed by atoms with E-state index in [0.29, 0.717) is 18.7 Å². The van der Waals surface area contributed by atoms with Gasteiger partial charge in [0.1, 0.15) is 0 Å². The van der Waals surface area contributed by atoms with Crippen molar-refractivity contribution in [3.63, 3.8) is 0 Å². The highest BCUT2D eigenvalue weighted by molar-refractivity contribution is 5.78. The average Bonchev–Trinajstić information content (AvgIpc) is 2.37. The third-order valence-corrected chi connectivity index (χ3v) is 3.61. The zero-order valence-electron chi connectivity index (χ0n) is 10.8. The predicted molar refractivity (Wildman–Crippen MR) is 66.4 cm³/mol. The van der Waals surface area contributed by atoms with Crippen LogP contribution in [0.15, 0.2) is 18.2 Å². The fraction of sp³-hybridized carbons (Fsp3) is 0.500. The second kappa shape index (κ2) is 5.65. The SMILES string of the molecule is CC1CCN(C(=O)Cc2ccc(F)c(F)c2)CC1O. The van der Waals surface area contributed by atoms with Gasteiger partial charge in [0.15, 0.2) is 11.6 Å². The number of halogens is 2. The Labute approximate surface area is 110 Å². The molecule has 2 rings (SSSR count). The highest BCUT2D eigenvalue weighted by atomic mass is 19.2. The molecule has 1 saturated heterocycles. The van der Waals surface area contributed by atoms with Crippen LogP contribution in [0.3, 0.4) is 0 Å². The summed E-state index contributed by atoms with van der Waals surface area (Å²) in [6.45, 7) is 2.85. The first kappa shape index (κ1) is 13.9. The van der Waals surface area contributed by atoms with E-state index in [1.54, 1.807) is 4.90 Å². The first-order valence-corrected chi connectivity index (χ1v) is 6.37. The fourth-order valence-corrected chi connectivity index (χ4v) is 2.21. The summed E-state index contributed by atoms with van der Waals surface area (Å²) in [4.78, 5) is 13.6. The van der Waals surface area contributed by atoms with Gasteiger partial charge in [-0.15, -0.1) is 0 Å². The van der Waals surface area contributed by atoms with E-state index >= 15 is 0 Å². The zero-order valence-corrected chi connectivity index (χ0v) is 10.8. The van der Waals surface area contributed by atoms with Gasteiger partial charge in [-0.25, -0.2) is 8.78 Å². The van der Waals surface area contributed by atoms with Gasteiger partial charge in [0, 0.05) is 13.1 Å². The summed E-state index contributed by atoms with van der Waals surface area (Å²) < 4.78 is 25.8. The number of nitrogens with zero attached hydrogens (tertiary/aromatic N) is 1. The number of carbonyl (C=O) groups excluding carboxylic acids is 1. The largest absolute Gasteiger partial charge is 0.391 e. The molecule has 1 aliphatic rings. The molecule has 0 spiro atoms. The summed E-state index contributed by atoms with van der Waals surface area (Å²) in [6.07, 6.45) is 0.269. The smallest absolute Gasteiger partial charge is 0.227 e. The summed E-state index contributed by atoms with van der Waals surface area (Å²) in [5, 5.41) is 9.74. The Balaban J connectivity index is 1.99. The topological polar surface area (TPSA) is 40.5 Å². The Morgan fingerprint density at radius 3 is 2.79 bits per heavy atom. The molecule has 0 saturated carbocycles. The minimum absolute atomic E-state index is 0.0261. The number of rotatable bonds is 2. The number of aliphatic hydroxyl groups is 1. The molecule has 0 bridgehead atoms. The molecule has 0 radical (unpaired) electrons. The molecule has 0 aromatic heterocycles. The first-order chi connectivity index (χ1) is 8.97. The van der Waals surface area contributed by atoms with Gasteiger partial charge >= 0.3 is 0 Å². The van der Waals surface area contributed by atoms with E-state index in [0.717, 1.165) is 18.6 Å². The van der Waals surface area contributed by atoms with Crippen molar-refractivity contribution >= 4 is 5.91 Å². The van der Waals surface area contributed by atoms with Gasteiger partial charge < -0.3 is 10.0 Å². The van der Waals surface area contributed by atoms with Crippen molar-refractivity contribution in [2.75, 3.05) is 13.1 Å². The molecule has 1 amide bonds. The summed E-state index contributed by atoms with van der Waals surface area (Å²) in [5.41, 5.74) is 0.442.